The van der Waals surface area contributed by atoms with Crippen LogP contribution in [0.2, 0.25) is 5.02 Å². The van der Waals surface area contributed by atoms with Crippen LogP contribution in [0.15, 0.2) is 71.8 Å². The second-order valence-electron chi connectivity index (χ2n) is 8.01. The molecule has 0 amide bonds. The van der Waals surface area contributed by atoms with Gasteiger partial charge in [-0.1, -0.05) is 23.7 Å². The molecular weight excluding hydrogens is 410 g/mol. The van der Waals surface area contributed by atoms with Gasteiger partial charge in [0.05, 0.1) is 18.9 Å². The number of rotatable bonds is 4. The van der Waals surface area contributed by atoms with Gasteiger partial charge in [0.1, 0.15) is 11.5 Å². The van der Waals surface area contributed by atoms with Crippen molar-refractivity contribution in [1.29, 1.82) is 0 Å². The Morgan fingerprint density at radius 2 is 1.77 bits per heavy atom. The highest BCUT2D eigenvalue weighted by Crippen LogP contribution is 2.48. The van der Waals surface area contributed by atoms with Gasteiger partial charge in [0, 0.05) is 42.4 Å². The number of methoxy groups -OCH3 is 1. The molecule has 0 radical (unpaired) electrons. The molecule has 0 bridgehead atoms. The average Bonchev–Trinajstić information content (AvgIpc) is 3.24. The number of hydrogen-bond acceptors (Lipinski definition) is 5. The Kier molecular flexibility index (Phi) is 4.98. The van der Waals surface area contributed by atoms with Crippen molar-refractivity contribution in [3.8, 4) is 11.5 Å². The van der Waals surface area contributed by atoms with E-state index in [-0.39, 0.29) is 12.3 Å². The first-order valence-corrected chi connectivity index (χ1v) is 10.6. The van der Waals surface area contributed by atoms with Crippen LogP contribution >= 0.6 is 11.6 Å². The molecule has 0 saturated heterocycles. The first-order valence-electron chi connectivity index (χ1n) is 10.3. The van der Waals surface area contributed by atoms with E-state index in [1.807, 2.05) is 44.4 Å². The van der Waals surface area contributed by atoms with Crippen LogP contribution in [0.25, 0.3) is 0 Å². The van der Waals surface area contributed by atoms with Crippen molar-refractivity contribution in [2.24, 2.45) is 5.10 Å². The normalized spacial score (nSPS) is 19.2. The molecule has 2 aliphatic rings. The molecular formula is C25H24ClN3O2. The molecule has 3 aromatic rings. The lowest BCUT2D eigenvalue weighted by atomic mass is 9.96. The number of anilines is 1. The van der Waals surface area contributed by atoms with Gasteiger partial charge in [-0.15, -0.1) is 0 Å². The van der Waals surface area contributed by atoms with Crippen molar-refractivity contribution >= 4 is 23.0 Å². The quantitative estimate of drug-likeness (QED) is 0.532. The molecule has 2 aliphatic heterocycles. The van der Waals surface area contributed by atoms with Crippen LogP contribution in [0.5, 0.6) is 11.5 Å². The molecule has 3 aromatic carbocycles. The Labute approximate surface area is 187 Å². The SMILES string of the molecule is COc1ccc(C2=NN3[C@H](C2)c2cc(Cl)ccc2O[C@H]3c2ccc(N(C)C)cc2)cc1. The fourth-order valence-electron chi connectivity index (χ4n) is 4.17. The molecule has 31 heavy (non-hydrogen) atoms. The summed E-state index contributed by atoms with van der Waals surface area (Å²) in [6.07, 6.45) is 0.487. The second-order valence-corrected chi connectivity index (χ2v) is 8.45. The monoisotopic (exact) mass is 433 g/mol. The van der Waals surface area contributed by atoms with Gasteiger partial charge in [-0.05, 0) is 60.2 Å². The summed E-state index contributed by atoms with van der Waals surface area (Å²) in [5, 5.41) is 7.79. The number of nitrogens with zero attached hydrogens (tertiary/aromatic N) is 3. The molecule has 6 heteroatoms. The van der Waals surface area contributed by atoms with Crippen molar-refractivity contribution in [2.75, 3.05) is 26.1 Å². The summed E-state index contributed by atoms with van der Waals surface area (Å²) in [5.41, 5.74) is 5.39. The first-order chi connectivity index (χ1) is 15.0. The largest absolute Gasteiger partial charge is 0.497 e. The van der Waals surface area contributed by atoms with E-state index in [0.717, 1.165) is 46.0 Å². The van der Waals surface area contributed by atoms with Crippen molar-refractivity contribution < 1.29 is 9.47 Å². The Morgan fingerprint density at radius 1 is 1.03 bits per heavy atom. The molecule has 0 fully saturated rings. The zero-order valence-electron chi connectivity index (χ0n) is 17.7. The average molecular weight is 434 g/mol. The molecule has 5 nitrogen and oxygen atoms in total. The van der Waals surface area contributed by atoms with E-state index in [2.05, 4.69) is 46.3 Å². The first kappa shape index (κ1) is 19.8. The highest BCUT2D eigenvalue weighted by molar-refractivity contribution is 6.30. The van der Waals surface area contributed by atoms with Gasteiger partial charge in [-0.25, -0.2) is 5.01 Å². The van der Waals surface area contributed by atoms with E-state index in [4.69, 9.17) is 26.2 Å². The lowest BCUT2D eigenvalue weighted by Gasteiger charge is -2.38. The maximum Gasteiger partial charge on any atom is 0.213 e. The maximum absolute atomic E-state index is 6.43. The summed E-state index contributed by atoms with van der Waals surface area (Å²) < 4.78 is 11.7. The summed E-state index contributed by atoms with van der Waals surface area (Å²) in [4.78, 5) is 2.08. The highest BCUT2D eigenvalue weighted by atomic mass is 35.5. The van der Waals surface area contributed by atoms with Gasteiger partial charge in [0.2, 0.25) is 6.23 Å². The predicted molar refractivity (Wildman–Crippen MR) is 124 cm³/mol. The molecule has 0 N–H and O–H groups in total. The van der Waals surface area contributed by atoms with Gasteiger partial charge >= 0.3 is 0 Å². The van der Waals surface area contributed by atoms with E-state index < -0.39 is 0 Å². The van der Waals surface area contributed by atoms with Crippen LogP contribution in [0.1, 0.15) is 35.4 Å². The van der Waals surface area contributed by atoms with E-state index >= 15 is 0 Å². The number of hydrazone groups is 1. The fraction of sp³-hybridized carbons (Fsp3) is 0.240. The summed E-state index contributed by atoms with van der Waals surface area (Å²) in [6, 6.07) is 22.4. The number of halogens is 1. The second kappa shape index (κ2) is 7.82. The third kappa shape index (κ3) is 3.59. The van der Waals surface area contributed by atoms with Gasteiger partial charge in [-0.3, -0.25) is 0 Å². The standard InChI is InChI=1S/C25H24ClN3O2/c1-28(2)19-9-4-17(5-10-19)25-29-23(21-14-18(26)8-13-24(21)31-25)15-22(27-29)16-6-11-20(30-3)12-7-16/h4-14,23,25H,15H2,1-3H3/t23-,25+/m1/s1. The van der Waals surface area contributed by atoms with E-state index in [1.54, 1.807) is 7.11 Å². The zero-order chi connectivity index (χ0) is 21.5. The maximum atomic E-state index is 6.43. The van der Waals surface area contributed by atoms with Crippen LogP contribution in [0.3, 0.4) is 0 Å². The lowest BCUT2D eigenvalue weighted by molar-refractivity contribution is -0.0190. The third-order valence-corrected chi connectivity index (χ3v) is 6.10. The van der Waals surface area contributed by atoms with Crippen molar-refractivity contribution in [3.63, 3.8) is 0 Å². The smallest absolute Gasteiger partial charge is 0.213 e. The predicted octanol–water partition coefficient (Wildman–Crippen LogP) is 5.66. The Hall–Kier alpha value is -3.18. The minimum atomic E-state index is -0.300. The van der Waals surface area contributed by atoms with Crippen LogP contribution in [-0.2, 0) is 0 Å². The minimum Gasteiger partial charge on any atom is -0.497 e. The van der Waals surface area contributed by atoms with Gasteiger partial charge in [0.25, 0.3) is 0 Å². The number of hydrogen-bond donors (Lipinski definition) is 0. The fourth-order valence-corrected chi connectivity index (χ4v) is 4.35. The van der Waals surface area contributed by atoms with Crippen LogP contribution in [0, 0.1) is 0 Å². The van der Waals surface area contributed by atoms with E-state index in [9.17, 15) is 0 Å². The number of benzene rings is 3. The molecule has 0 unspecified atom stereocenters. The molecule has 158 valence electrons. The number of fused-ring (bicyclic) bond motifs is 3. The zero-order valence-corrected chi connectivity index (χ0v) is 18.5. The van der Waals surface area contributed by atoms with E-state index in [1.165, 1.54) is 0 Å². The van der Waals surface area contributed by atoms with Gasteiger partial charge < -0.3 is 14.4 Å². The van der Waals surface area contributed by atoms with Crippen molar-refractivity contribution in [2.45, 2.75) is 18.7 Å². The van der Waals surface area contributed by atoms with Gasteiger partial charge in [-0.2, -0.15) is 5.10 Å². The van der Waals surface area contributed by atoms with E-state index in [0.29, 0.717) is 5.02 Å². The van der Waals surface area contributed by atoms with Gasteiger partial charge in [0.15, 0.2) is 0 Å². The summed E-state index contributed by atoms with van der Waals surface area (Å²) in [6.45, 7) is 0. The molecule has 2 atom stereocenters. The molecule has 0 aromatic heterocycles. The van der Waals surface area contributed by atoms with Crippen molar-refractivity contribution in [3.05, 3.63) is 88.4 Å². The highest BCUT2D eigenvalue weighted by Gasteiger charge is 2.41. The lowest BCUT2D eigenvalue weighted by Crippen LogP contribution is -2.33. The molecule has 0 saturated carbocycles. The molecule has 0 aliphatic carbocycles. The summed E-state index contributed by atoms with van der Waals surface area (Å²) >= 11 is 6.32. The summed E-state index contributed by atoms with van der Waals surface area (Å²) in [5.74, 6) is 1.69. The number of ether oxygens (including phenoxy) is 2. The molecule has 5 rings (SSSR count). The molecule has 2 heterocycles. The summed E-state index contributed by atoms with van der Waals surface area (Å²) in [7, 11) is 5.74. The Balaban J connectivity index is 1.55. The Bertz CT molecular complexity index is 1130. The van der Waals surface area contributed by atoms with Crippen LogP contribution < -0.4 is 14.4 Å². The third-order valence-electron chi connectivity index (χ3n) is 5.87. The Morgan fingerprint density at radius 3 is 2.45 bits per heavy atom. The molecule has 0 spiro atoms. The van der Waals surface area contributed by atoms with Crippen LogP contribution in [-0.4, -0.2) is 31.9 Å². The van der Waals surface area contributed by atoms with Crippen molar-refractivity contribution in [1.82, 2.24) is 5.01 Å². The minimum absolute atomic E-state index is 0.0677. The van der Waals surface area contributed by atoms with Crippen LogP contribution in [0.4, 0.5) is 5.69 Å². The topological polar surface area (TPSA) is 37.3 Å².